The third-order valence-corrected chi connectivity index (χ3v) is 2.77. The number of aliphatic carboxylic acids is 1. The molecule has 1 unspecified atom stereocenters. The Morgan fingerprint density at radius 2 is 1.89 bits per heavy atom. The summed E-state index contributed by atoms with van der Waals surface area (Å²) in [6.07, 6.45) is 0. The number of carbonyl (C=O) groups is 2. The molecule has 0 bridgehead atoms. The van der Waals surface area contributed by atoms with Crippen LogP contribution >= 0.6 is 11.6 Å². The van der Waals surface area contributed by atoms with E-state index in [4.69, 9.17) is 21.8 Å². The molecule has 0 amide bonds. The van der Waals surface area contributed by atoms with Gasteiger partial charge in [0.15, 0.2) is 0 Å². The van der Waals surface area contributed by atoms with Gasteiger partial charge >= 0.3 is 11.9 Å². The molecule has 0 aromatic heterocycles. The highest BCUT2D eigenvalue weighted by Crippen LogP contribution is 2.25. The van der Waals surface area contributed by atoms with Crippen molar-refractivity contribution in [2.75, 3.05) is 5.32 Å². The molecule has 98 valence electrons. The number of rotatable bonds is 5. The topological polar surface area (TPSA) is 86.6 Å². The highest BCUT2D eigenvalue weighted by molar-refractivity contribution is 6.33. The fourth-order valence-corrected chi connectivity index (χ4v) is 1.68. The Hall–Kier alpha value is -1.75. The zero-order chi connectivity index (χ0) is 13.9. The first-order chi connectivity index (χ1) is 8.32. The van der Waals surface area contributed by atoms with Crippen molar-refractivity contribution < 1.29 is 19.8 Å². The number of nitrogens with one attached hydrogen (secondary N) is 1. The number of halogens is 1. The Morgan fingerprint density at radius 1 is 1.28 bits per heavy atom. The molecule has 0 heterocycles. The third kappa shape index (κ3) is 3.37. The van der Waals surface area contributed by atoms with Crippen LogP contribution in [-0.4, -0.2) is 28.2 Å². The van der Waals surface area contributed by atoms with Gasteiger partial charge in [0.2, 0.25) is 0 Å². The van der Waals surface area contributed by atoms with Crippen LogP contribution in [0.15, 0.2) is 18.2 Å². The van der Waals surface area contributed by atoms with E-state index >= 15 is 0 Å². The van der Waals surface area contributed by atoms with Gasteiger partial charge in [-0.3, -0.25) is 0 Å². The van der Waals surface area contributed by atoms with Gasteiger partial charge in [0, 0.05) is 0 Å². The summed E-state index contributed by atoms with van der Waals surface area (Å²) in [4.78, 5) is 21.8. The molecular weight excluding hydrogens is 258 g/mol. The van der Waals surface area contributed by atoms with E-state index in [1.54, 1.807) is 13.8 Å². The van der Waals surface area contributed by atoms with Crippen molar-refractivity contribution in [1.29, 1.82) is 0 Å². The lowest BCUT2D eigenvalue weighted by atomic mass is 10.0. The first kappa shape index (κ1) is 14.3. The van der Waals surface area contributed by atoms with Crippen molar-refractivity contribution in [2.24, 2.45) is 5.92 Å². The van der Waals surface area contributed by atoms with Crippen LogP contribution in [0.1, 0.15) is 24.2 Å². The summed E-state index contributed by atoms with van der Waals surface area (Å²) in [5.41, 5.74) is 0.463. The zero-order valence-corrected chi connectivity index (χ0v) is 10.7. The van der Waals surface area contributed by atoms with Gasteiger partial charge in [0.05, 0.1) is 16.3 Å². The fraction of sp³-hybridized carbons (Fsp3) is 0.333. The molecular formula is C12H14ClNO4. The summed E-state index contributed by atoms with van der Waals surface area (Å²) in [7, 11) is 0. The second-order valence-corrected chi connectivity index (χ2v) is 4.61. The van der Waals surface area contributed by atoms with Gasteiger partial charge < -0.3 is 15.5 Å². The molecule has 1 aromatic rings. The van der Waals surface area contributed by atoms with Gasteiger partial charge in [-0.1, -0.05) is 25.4 Å². The molecule has 3 N–H and O–H groups in total. The van der Waals surface area contributed by atoms with Crippen LogP contribution in [0, 0.1) is 5.92 Å². The Kier molecular flexibility index (Phi) is 4.55. The number of carboxylic acid groups (broad SMARTS) is 2. The molecule has 0 radical (unpaired) electrons. The molecule has 1 aromatic carbocycles. The van der Waals surface area contributed by atoms with E-state index in [0.29, 0.717) is 5.69 Å². The smallest absolute Gasteiger partial charge is 0.335 e. The molecule has 0 saturated carbocycles. The molecule has 0 spiro atoms. The zero-order valence-electron chi connectivity index (χ0n) is 9.98. The van der Waals surface area contributed by atoms with Gasteiger partial charge in [-0.25, -0.2) is 9.59 Å². The Bertz CT molecular complexity index is 473. The standard InChI is InChI=1S/C12H14ClNO4/c1-6(2)10(12(17)18)14-9-4-3-7(11(15)16)5-8(9)13/h3-6,10,14H,1-2H3,(H,15,16)(H,17,18). The maximum atomic E-state index is 11.0. The third-order valence-electron chi connectivity index (χ3n) is 2.46. The molecule has 5 nitrogen and oxygen atoms in total. The van der Waals surface area contributed by atoms with E-state index in [0.717, 1.165) is 0 Å². The number of hydrogen-bond donors (Lipinski definition) is 3. The first-order valence-electron chi connectivity index (χ1n) is 5.35. The van der Waals surface area contributed by atoms with E-state index in [9.17, 15) is 9.59 Å². The van der Waals surface area contributed by atoms with Gasteiger partial charge in [-0.05, 0) is 24.1 Å². The van der Waals surface area contributed by atoms with E-state index in [2.05, 4.69) is 5.32 Å². The molecule has 18 heavy (non-hydrogen) atoms. The summed E-state index contributed by atoms with van der Waals surface area (Å²) < 4.78 is 0. The quantitative estimate of drug-likeness (QED) is 0.766. The van der Waals surface area contributed by atoms with Crippen LogP contribution in [0.3, 0.4) is 0 Å². The SMILES string of the molecule is CC(C)C(Nc1ccc(C(=O)O)cc1Cl)C(=O)O. The van der Waals surface area contributed by atoms with Crippen LogP contribution in [0.2, 0.25) is 5.02 Å². The van der Waals surface area contributed by atoms with Gasteiger partial charge in [0.1, 0.15) is 6.04 Å². The van der Waals surface area contributed by atoms with Crippen molar-refractivity contribution in [1.82, 2.24) is 0 Å². The summed E-state index contributed by atoms with van der Waals surface area (Å²) in [5.74, 6) is -2.19. The van der Waals surface area contributed by atoms with Crippen LogP contribution in [0.5, 0.6) is 0 Å². The summed E-state index contributed by atoms with van der Waals surface area (Å²) in [5, 5.41) is 20.8. The highest BCUT2D eigenvalue weighted by Gasteiger charge is 2.22. The second-order valence-electron chi connectivity index (χ2n) is 4.20. The molecule has 0 aliphatic carbocycles. The lowest BCUT2D eigenvalue weighted by molar-refractivity contribution is -0.138. The van der Waals surface area contributed by atoms with Crippen molar-refractivity contribution in [3.05, 3.63) is 28.8 Å². The number of aromatic carboxylic acids is 1. The van der Waals surface area contributed by atoms with Crippen LogP contribution in [0.4, 0.5) is 5.69 Å². The minimum absolute atomic E-state index is 0.0574. The molecule has 0 fully saturated rings. The summed E-state index contributed by atoms with van der Waals surface area (Å²) in [6, 6.07) is 3.34. The molecule has 6 heteroatoms. The van der Waals surface area contributed by atoms with E-state index in [-0.39, 0.29) is 16.5 Å². The lowest BCUT2D eigenvalue weighted by Gasteiger charge is -2.20. The van der Waals surface area contributed by atoms with Gasteiger partial charge in [-0.2, -0.15) is 0 Å². The normalized spacial score (nSPS) is 12.2. The minimum Gasteiger partial charge on any atom is -0.480 e. The van der Waals surface area contributed by atoms with Crippen LogP contribution < -0.4 is 5.32 Å². The van der Waals surface area contributed by atoms with E-state index in [1.807, 2.05) is 0 Å². The summed E-state index contributed by atoms with van der Waals surface area (Å²) in [6.45, 7) is 3.54. The first-order valence-corrected chi connectivity index (χ1v) is 5.73. The largest absolute Gasteiger partial charge is 0.480 e. The molecule has 1 rings (SSSR count). The molecule has 0 aliphatic rings. The Labute approximate surface area is 109 Å². The van der Waals surface area contributed by atoms with Gasteiger partial charge in [0.25, 0.3) is 0 Å². The molecule has 0 aliphatic heterocycles. The number of anilines is 1. The van der Waals surface area contributed by atoms with Crippen molar-refractivity contribution in [3.63, 3.8) is 0 Å². The molecule has 1 atom stereocenters. The van der Waals surface area contributed by atoms with Crippen molar-refractivity contribution in [3.8, 4) is 0 Å². The monoisotopic (exact) mass is 271 g/mol. The predicted molar refractivity (Wildman–Crippen MR) is 68.3 cm³/mol. The fourth-order valence-electron chi connectivity index (χ4n) is 1.45. The lowest BCUT2D eigenvalue weighted by Crippen LogP contribution is -2.34. The average molecular weight is 272 g/mol. The van der Waals surface area contributed by atoms with E-state index < -0.39 is 18.0 Å². The van der Waals surface area contributed by atoms with Gasteiger partial charge in [-0.15, -0.1) is 0 Å². The Balaban J connectivity index is 2.97. The summed E-state index contributed by atoms with van der Waals surface area (Å²) >= 11 is 5.91. The Morgan fingerprint density at radius 3 is 2.28 bits per heavy atom. The van der Waals surface area contributed by atoms with Crippen LogP contribution in [0.25, 0.3) is 0 Å². The molecule has 0 saturated heterocycles. The number of benzene rings is 1. The minimum atomic E-state index is -1.08. The van der Waals surface area contributed by atoms with Crippen molar-refractivity contribution >= 4 is 29.2 Å². The highest BCUT2D eigenvalue weighted by atomic mass is 35.5. The second kappa shape index (κ2) is 5.73. The average Bonchev–Trinajstić information content (AvgIpc) is 2.25. The number of hydrogen-bond acceptors (Lipinski definition) is 3. The number of carboxylic acids is 2. The van der Waals surface area contributed by atoms with E-state index in [1.165, 1.54) is 18.2 Å². The maximum Gasteiger partial charge on any atom is 0.335 e. The van der Waals surface area contributed by atoms with Crippen molar-refractivity contribution in [2.45, 2.75) is 19.9 Å². The van der Waals surface area contributed by atoms with Crippen LogP contribution in [-0.2, 0) is 4.79 Å². The maximum absolute atomic E-state index is 11.0. The predicted octanol–water partition coefficient (Wildman–Crippen LogP) is 2.56.